The van der Waals surface area contributed by atoms with E-state index in [-0.39, 0.29) is 0 Å². The third-order valence-corrected chi connectivity index (χ3v) is 4.49. The van der Waals surface area contributed by atoms with Crippen molar-refractivity contribution < 1.29 is 4.74 Å². The maximum atomic E-state index is 5.15. The Morgan fingerprint density at radius 3 is 2.89 bits per heavy atom. The first kappa shape index (κ1) is 12.9. The normalized spacial score (nSPS) is 29.4. The second-order valence-electron chi connectivity index (χ2n) is 5.70. The first-order chi connectivity index (χ1) is 9.35. The number of hydrogen-bond donors (Lipinski definition) is 1. The summed E-state index contributed by atoms with van der Waals surface area (Å²) in [5, 5.41) is 3.56. The Morgan fingerprint density at radius 1 is 1.37 bits per heavy atom. The molecule has 0 spiro atoms. The lowest BCUT2D eigenvalue weighted by atomic mass is 9.79. The van der Waals surface area contributed by atoms with Crippen molar-refractivity contribution in [3.8, 4) is 5.88 Å². The second kappa shape index (κ2) is 5.88. The van der Waals surface area contributed by atoms with Gasteiger partial charge >= 0.3 is 0 Å². The van der Waals surface area contributed by atoms with Gasteiger partial charge in [-0.25, -0.2) is 4.98 Å². The molecule has 19 heavy (non-hydrogen) atoms. The van der Waals surface area contributed by atoms with Crippen LogP contribution in [0.2, 0.25) is 0 Å². The van der Waals surface area contributed by atoms with Crippen molar-refractivity contribution in [2.45, 2.75) is 19.4 Å². The van der Waals surface area contributed by atoms with E-state index >= 15 is 0 Å². The fourth-order valence-corrected chi connectivity index (χ4v) is 3.37. The Bertz CT molecular complexity index is 416. The summed E-state index contributed by atoms with van der Waals surface area (Å²) in [6.45, 7) is 5.86. The van der Waals surface area contributed by atoms with Gasteiger partial charge in [-0.15, -0.1) is 0 Å². The van der Waals surface area contributed by atoms with E-state index in [4.69, 9.17) is 4.74 Å². The van der Waals surface area contributed by atoms with Crippen molar-refractivity contribution in [3.05, 3.63) is 23.9 Å². The number of nitrogens with zero attached hydrogens (tertiary/aromatic N) is 2. The lowest BCUT2D eigenvalue weighted by Gasteiger charge is -2.45. The summed E-state index contributed by atoms with van der Waals surface area (Å²) >= 11 is 0. The molecule has 104 valence electrons. The molecule has 0 saturated carbocycles. The van der Waals surface area contributed by atoms with E-state index in [1.54, 1.807) is 7.11 Å². The molecule has 4 nitrogen and oxygen atoms in total. The molecule has 0 aliphatic carbocycles. The second-order valence-corrected chi connectivity index (χ2v) is 5.70. The highest BCUT2D eigenvalue weighted by molar-refractivity contribution is 5.15. The summed E-state index contributed by atoms with van der Waals surface area (Å²) in [7, 11) is 1.66. The molecule has 4 rings (SSSR count). The molecule has 1 aromatic heterocycles. The molecule has 0 amide bonds. The quantitative estimate of drug-likeness (QED) is 0.872. The van der Waals surface area contributed by atoms with E-state index in [0.717, 1.165) is 30.6 Å². The predicted octanol–water partition coefficient (Wildman–Crippen LogP) is 1.52. The van der Waals surface area contributed by atoms with Gasteiger partial charge in [0.1, 0.15) is 0 Å². The Labute approximate surface area is 115 Å². The number of piperidine rings is 3. The van der Waals surface area contributed by atoms with Gasteiger partial charge in [0, 0.05) is 19.2 Å². The van der Waals surface area contributed by atoms with Crippen molar-refractivity contribution in [1.29, 1.82) is 0 Å². The minimum absolute atomic E-state index is 0.696. The number of nitrogens with one attached hydrogen (secondary N) is 1. The first-order valence-electron chi connectivity index (χ1n) is 7.28. The third-order valence-electron chi connectivity index (χ3n) is 4.49. The highest BCUT2D eigenvalue weighted by atomic mass is 16.5. The van der Waals surface area contributed by atoms with E-state index in [0.29, 0.717) is 5.88 Å². The minimum atomic E-state index is 0.696. The van der Waals surface area contributed by atoms with Gasteiger partial charge in [-0.3, -0.25) is 0 Å². The van der Waals surface area contributed by atoms with Crippen LogP contribution < -0.4 is 10.1 Å². The highest BCUT2D eigenvalue weighted by Gasteiger charge is 2.33. The summed E-state index contributed by atoms with van der Waals surface area (Å²) in [5.41, 5.74) is 1.06. The molecule has 3 aliphatic heterocycles. The standard InChI is InChI=1S/C15H23N3O/c1-19-15-4-2-3-14(17-15)10-16-9-13-11-18-7-5-12(13)6-8-18/h2-4,12-13,16H,5-11H2,1H3. The zero-order chi connectivity index (χ0) is 13.1. The van der Waals surface area contributed by atoms with Gasteiger partial charge in [0.25, 0.3) is 0 Å². The third kappa shape index (κ3) is 3.07. The number of fused-ring (bicyclic) bond motifs is 3. The topological polar surface area (TPSA) is 37.4 Å². The molecule has 1 N–H and O–H groups in total. The van der Waals surface area contributed by atoms with Gasteiger partial charge in [-0.05, 0) is 50.4 Å². The fourth-order valence-electron chi connectivity index (χ4n) is 3.37. The monoisotopic (exact) mass is 261 g/mol. The summed E-state index contributed by atoms with van der Waals surface area (Å²) in [4.78, 5) is 7.03. The fraction of sp³-hybridized carbons (Fsp3) is 0.667. The largest absolute Gasteiger partial charge is 0.481 e. The van der Waals surface area contributed by atoms with Crippen LogP contribution in [-0.2, 0) is 6.54 Å². The zero-order valence-corrected chi connectivity index (χ0v) is 11.6. The predicted molar refractivity (Wildman–Crippen MR) is 75.1 cm³/mol. The van der Waals surface area contributed by atoms with Crippen LogP contribution in [-0.4, -0.2) is 43.2 Å². The number of ether oxygens (including phenoxy) is 1. The Morgan fingerprint density at radius 2 is 2.21 bits per heavy atom. The molecular formula is C15H23N3O. The molecular weight excluding hydrogens is 238 g/mol. The van der Waals surface area contributed by atoms with Crippen LogP contribution >= 0.6 is 0 Å². The molecule has 4 heterocycles. The molecule has 3 aliphatic rings. The number of aromatic nitrogens is 1. The lowest BCUT2D eigenvalue weighted by Crippen LogP contribution is -2.50. The van der Waals surface area contributed by atoms with Crippen molar-refractivity contribution in [3.63, 3.8) is 0 Å². The van der Waals surface area contributed by atoms with Crippen LogP contribution in [0, 0.1) is 11.8 Å². The maximum absolute atomic E-state index is 5.15. The molecule has 3 fully saturated rings. The molecule has 3 saturated heterocycles. The number of methoxy groups -OCH3 is 1. The van der Waals surface area contributed by atoms with Crippen molar-refractivity contribution in [2.75, 3.05) is 33.3 Å². The van der Waals surface area contributed by atoms with Crippen molar-refractivity contribution >= 4 is 0 Å². The molecule has 1 atom stereocenters. The van der Waals surface area contributed by atoms with E-state index in [9.17, 15) is 0 Å². The van der Waals surface area contributed by atoms with E-state index in [1.807, 2.05) is 18.2 Å². The lowest BCUT2D eigenvalue weighted by molar-refractivity contribution is 0.0509. The number of pyridine rings is 1. The molecule has 1 aromatic rings. The van der Waals surface area contributed by atoms with Crippen LogP contribution in [0.25, 0.3) is 0 Å². The van der Waals surface area contributed by atoms with E-state index < -0.39 is 0 Å². The Hall–Kier alpha value is -1.13. The summed E-state index contributed by atoms with van der Waals surface area (Å²) in [6, 6.07) is 5.93. The van der Waals surface area contributed by atoms with Crippen LogP contribution in [0.3, 0.4) is 0 Å². The smallest absolute Gasteiger partial charge is 0.213 e. The zero-order valence-electron chi connectivity index (χ0n) is 11.6. The van der Waals surface area contributed by atoms with Crippen molar-refractivity contribution in [1.82, 2.24) is 15.2 Å². The van der Waals surface area contributed by atoms with Crippen molar-refractivity contribution in [2.24, 2.45) is 11.8 Å². The Kier molecular flexibility index (Phi) is 3.99. The highest BCUT2D eigenvalue weighted by Crippen LogP contribution is 2.31. The van der Waals surface area contributed by atoms with Gasteiger partial charge < -0.3 is 15.0 Å². The molecule has 2 bridgehead atoms. The molecule has 4 heteroatoms. The molecule has 1 unspecified atom stereocenters. The van der Waals surface area contributed by atoms with Gasteiger partial charge in [0.2, 0.25) is 5.88 Å². The van der Waals surface area contributed by atoms with Crippen LogP contribution in [0.5, 0.6) is 5.88 Å². The number of hydrogen-bond acceptors (Lipinski definition) is 4. The first-order valence-corrected chi connectivity index (χ1v) is 7.28. The van der Waals surface area contributed by atoms with Gasteiger partial charge in [-0.1, -0.05) is 6.07 Å². The minimum Gasteiger partial charge on any atom is -0.481 e. The average molecular weight is 261 g/mol. The van der Waals surface area contributed by atoms with Crippen LogP contribution in [0.4, 0.5) is 0 Å². The number of rotatable bonds is 5. The molecule has 0 radical (unpaired) electrons. The molecule has 0 aromatic carbocycles. The van der Waals surface area contributed by atoms with E-state index in [1.165, 1.54) is 32.5 Å². The summed E-state index contributed by atoms with van der Waals surface area (Å²) in [5.74, 6) is 2.46. The Balaban J connectivity index is 1.47. The van der Waals surface area contributed by atoms with Crippen LogP contribution in [0.15, 0.2) is 18.2 Å². The van der Waals surface area contributed by atoms with Gasteiger partial charge in [0.05, 0.1) is 12.8 Å². The SMILES string of the molecule is COc1cccc(CNCC2CN3CCC2CC3)n1. The summed E-state index contributed by atoms with van der Waals surface area (Å²) in [6.07, 6.45) is 2.79. The van der Waals surface area contributed by atoms with Crippen LogP contribution in [0.1, 0.15) is 18.5 Å². The average Bonchev–Trinajstić information content (AvgIpc) is 2.49. The van der Waals surface area contributed by atoms with Gasteiger partial charge in [0.15, 0.2) is 0 Å². The maximum Gasteiger partial charge on any atom is 0.213 e. The van der Waals surface area contributed by atoms with Gasteiger partial charge in [-0.2, -0.15) is 0 Å². The van der Waals surface area contributed by atoms with E-state index in [2.05, 4.69) is 15.2 Å². The summed E-state index contributed by atoms with van der Waals surface area (Å²) < 4.78 is 5.15.